The van der Waals surface area contributed by atoms with E-state index >= 15 is 0 Å². The van der Waals surface area contributed by atoms with Crippen molar-refractivity contribution in [2.24, 2.45) is 17.0 Å². The monoisotopic (exact) mass is 403 g/mol. The van der Waals surface area contributed by atoms with Crippen LogP contribution in [0.5, 0.6) is 0 Å². The maximum Gasteiger partial charge on any atom is 0.281 e. The Bertz CT molecular complexity index is 763. The zero-order valence-corrected chi connectivity index (χ0v) is 17.5. The number of hydrogen-bond acceptors (Lipinski definition) is 4. The number of amides is 1. The molecule has 1 saturated heterocycles. The smallest absolute Gasteiger partial charge is 0.281 e. The van der Waals surface area contributed by atoms with E-state index in [1.54, 1.807) is 12.1 Å². The zero-order valence-electron chi connectivity index (χ0n) is 16.8. The Morgan fingerprint density at radius 3 is 2.36 bits per heavy atom. The quantitative estimate of drug-likeness (QED) is 0.595. The fourth-order valence-corrected chi connectivity index (χ4v) is 5.52. The van der Waals surface area contributed by atoms with Gasteiger partial charge in [-0.15, -0.1) is 0 Å². The molecule has 1 aromatic rings. The van der Waals surface area contributed by atoms with Crippen LogP contribution in [0.25, 0.3) is 0 Å². The molecule has 1 aliphatic carbocycles. The van der Waals surface area contributed by atoms with Crippen LogP contribution in [0.2, 0.25) is 5.02 Å². The maximum atomic E-state index is 12.9. The molecule has 2 fully saturated rings. The molecule has 1 N–H and O–H groups in total. The van der Waals surface area contributed by atoms with E-state index in [0.29, 0.717) is 16.6 Å². The van der Waals surface area contributed by atoms with Crippen molar-refractivity contribution in [3.8, 4) is 0 Å². The molecule has 0 spiro atoms. The highest BCUT2D eigenvalue weighted by atomic mass is 35.5. The lowest BCUT2D eigenvalue weighted by atomic mass is 9.79. The molecular weight excluding hydrogens is 374 g/mol. The molecule has 0 atom stereocenters. The Hall–Kier alpha value is -1.59. The van der Waals surface area contributed by atoms with E-state index in [4.69, 9.17) is 11.6 Å². The molecule has 1 amide bonds. The highest BCUT2D eigenvalue weighted by molar-refractivity contribution is 6.54. The van der Waals surface area contributed by atoms with Crippen molar-refractivity contribution in [3.63, 3.8) is 0 Å². The topological polar surface area (TPSA) is 56.1 Å². The highest BCUT2D eigenvalue weighted by Crippen LogP contribution is 2.37. The zero-order chi connectivity index (χ0) is 19.8. The third kappa shape index (κ3) is 3.55. The minimum Gasteiger partial charge on any atom is -0.410 e. The van der Waals surface area contributed by atoms with Gasteiger partial charge in [0.2, 0.25) is 0 Å². The van der Waals surface area contributed by atoms with E-state index in [-0.39, 0.29) is 17.7 Å². The minimum atomic E-state index is -0.212. The second-order valence-electron chi connectivity index (χ2n) is 8.86. The van der Waals surface area contributed by atoms with Crippen molar-refractivity contribution in [1.82, 2.24) is 4.90 Å². The number of carbonyl (C=O) groups is 1. The number of oxime groups is 1. The summed E-state index contributed by atoms with van der Waals surface area (Å²) >= 11 is 6.09. The lowest BCUT2D eigenvalue weighted by Crippen LogP contribution is -2.50. The van der Waals surface area contributed by atoms with Crippen LogP contribution in [0.4, 0.5) is 5.69 Å². The first-order valence-corrected chi connectivity index (χ1v) is 11.0. The molecule has 6 heteroatoms. The Labute approximate surface area is 172 Å². The molecule has 2 heterocycles. The Morgan fingerprint density at radius 1 is 1.07 bits per heavy atom. The summed E-state index contributed by atoms with van der Waals surface area (Å²) in [7, 11) is 0. The van der Waals surface area contributed by atoms with Crippen LogP contribution in [0, 0.1) is 11.8 Å². The van der Waals surface area contributed by atoms with Gasteiger partial charge < -0.3 is 15.0 Å². The Morgan fingerprint density at radius 2 is 1.75 bits per heavy atom. The number of anilines is 1. The van der Waals surface area contributed by atoms with Crippen LogP contribution >= 0.6 is 11.6 Å². The molecule has 5 nitrogen and oxygen atoms in total. The number of nitrogens with zero attached hydrogens (tertiary/aromatic N) is 3. The molecule has 1 aromatic carbocycles. The highest BCUT2D eigenvalue weighted by Gasteiger charge is 2.40. The van der Waals surface area contributed by atoms with Crippen LogP contribution in [-0.2, 0) is 4.79 Å². The van der Waals surface area contributed by atoms with E-state index in [2.05, 4.69) is 23.9 Å². The molecule has 152 valence electrons. The molecular formula is C22H30ClN3O2. The lowest BCUT2D eigenvalue weighted by molar-refractivity contribution is -0.113. The van der Waals surface area contributed by atoms with Gasteiger partial charge in [0.25, 0.3) is 5.91 Å². The van der Waals surface area contributed by atoms with Gasteiger partial charge in [-0.1, -0.05) is 30.6 Å². The first-order valence-electron chi connectivity index (χ1n) is 10.6. The third-order valence-corrected chi connectivity index (χ3v) is 7.29. The lowest BCUT2D eigenvalue weighted by Gasteiger charge is -2.43. The second kappa shape index (κ2) is 8.03. The molecule has 0 unspecified atom stereocenters. The summed E-state index contributed by atoms with van der Waals surface area (Å²) in [5, 5.41) is 13.2. The first kappa shape index (κ1) is 19.7. The van der Waals surface area contributed by atoms with Crippen LogP contribution in [0.3, 0.4) is 0 Å². The Kier molecular flexibility index (Phi) is 5.66. The van der Waals surface area contributed by atoms with Crippen LogP contribution < -0.4 is 4.90 Å². The van der Waals surface area contributed by atoms with Gasteiger partial charge in [-0.2, -0.15) is 0 Å². The fourth-order valence-electron chi connectivity index (χ4n) is 5.35. The summed E-state index contributed by atoms with van der Waals surface area (Å²) in [6.45, 7) is 6.75. The van der Waals surface area contributed by atoms with E-state index < -0.39 is 0 Å². The molecule has 4 rings (SSSR count). The predicted molar refractivity (Wildman–Crippen MR) is 112 cm³/mol. The van der Waals surface area contributed by atoms with Crippen molar-refractivity contribution in [2.75, 3.05) is 18.0 Å². The molecule has 1 saturated carbocycles. The number of carbonyl (C=O) groups excluding carboxylic acids is 1. The van der Waals surface area contributed by atoms with Crippen molar-refractivity contribution < 1.29 is 10.0 Å². The fraction of sp³-hybridized carbons (Fsp3) is 0.636. The van der Waals surface area contributed by atoms with Crippen molar-refractivity contribution >= 4 is 28.9 Å². The summed E-state index contributed by atoms with van der Waals surface area (Å²) in [4.78, 5) is 17.3. The van der Waals surface area contributed by atoms with Gasteiger partial charge in [0, 0.05) is 35.8 Å². The van der Waals surface area contributed by atoms with E-state index in [0.717, 1.165) is 43.5 Å². The molecule has 3 aliphatic rings. The normalized spacial score (nSPS) is 28.4. The summed E-state index contributed by atoms with van der Waals surface area (Å²) in [5.74, 6) is 1.47. The van der Waals surface area contributed by atoms with Gasteiger partial charge in [0.05, 0.1) is 5.69 Å². The molecule has 2 aliphatic heterocycles. The number of hydrogen-bond donors (Lipinski definition) is 1. The average molecular weight is 404 g/mol. The maximum absolute atomic E-state index is 12.9. The largest absolute Gasteiger partial charge is 0.410 e. The van der Waals surface area contributed by atoms with Crippen LogP contribution in [-0.4, -0.2) is 46.9 Å². The number of likely N-dealkylation sites (tertiary alicyclic amines) is 1. The summed E-state index contributed by atoms with van der Waals surface area (Å²) in [5.41, 5.74) is 1.56. The molecule has 0 bridgehead atoms. The minimum absolute atomic E-state index is 0.104. The molecule has 0 aromatic heterocycles. The van der Waals surface area contributed by atoms with Gasteiger partial charge in [-0.3, -0.25) is 4.79 Å². The summed E-state index contributed by atoms with van der Waals surface area (Å²) in [6, 6.07) is 6.23. The molecule has 0 radical (unpaired) electrons. The van der Waals surface area contributed by atoms with Crippen molar-refractivity contribution in [2.45, 2.75) is 64.5 Å². The Balaban J connectivity index is 1.41. The van der Waals surface area contributed by atoms with E-state index in [1.165, 1.54) is 25.7 Å². The summed E-state index contributed by atoms with van der Waals surface area (Å²) < 4.78 is 0. The standard InChI is InChI=1S/C22H30ClN3O2/c1-14(2)15-3-6-17(7-4-15)25-11-9-18(10-12-25)26-20-8-5-16(23)13-19(20)21(24-28)22(26)27/h5,8,13-15,17-18,28H,3-4,6-7,9-12H2,1-2H3/b24-21-/t15-,17+. The third-order valence-electron chi connectivity index (χ3n) is 7.06. The van der Waals surface area contributed by atoms with Crippen LogP contribution in [0.15, 0.2) is 23.4 Å². The van der Waals surface area contributed by atoms with Crippen molar-refractivity contribution in [1.29, 1.82) is 0 Å². The average Bonchev–Trinajstić information content (AvgIpc) is 2.98. The van der Waals surface area contributed by atoms with Gasteiger partial charge in [0.1, 0.15) is 0 Å². The number of piperidine rings is 1. The number of benzene rings is 1. The summed E-state index contributed by atoms with van der Waals surface area (Å²) in [6.07, 6.45) is 7.21. The first-order chi connectivity index (χ1) is 13.5. The number of rotatable bonds is 3. The SMILES string of the molecule is CC(C)[C@H]1CC[C@@H](N2CCC(N3C(=O)/C(=N\O)c4cc(Cl)ccc43)CC2)CC1. The predicted octanol–water partition coefficient (Wildman–Crippen LogP) is 4.54. The number of fused-ring (bicyclic) bond motifs is 1. The van der Waals surface area contributed by atoms with Gasteiger partial charge in [-0.05, 0) is 68.6 Å². The van der Waals surface area contributed by atoms with Gasteiger partial charge in [0.15, 0.2) is 5.71 Å². The van der Waals surface area contributed by atoms with Gasteiger partial charge in [-0.25, -0.2) is 0 Å². The van der Waals surface area contributed by atoms with Crippen molar-refractivity contribution in [3.05, 3.63) is 28.8 Å². The second-order valence-corrected chi connectivity index (χ2v) is 9.30. The van der Waals surface area contributed by atoms with Gasteiger partial charge >= 0.3 is 0 Å². The van der Waals surface area contributed by atoms with E-state index in [9.17, 15) is 10.0 Å². The van der Waals surface area contributed by atoms with E-state index in [1.807, 2.05) is 11.0 Å². The van der Waals surface area contributed by atoms with Crippen LogP contribution in [0.1, 0.15) is 57.9 Å². The molecule has 28 heavy (non-hydrogen) atoms. The number of halogens is 1.